The third kappa shape index (κ3) is 3.48. The lowest BCUT2D eigenvalue weighted by Gasteiger charge is -2.40. The molecule has 0 spiro atoms. The van der Waals surface area contributed by atoms with E-state index < -0.39 is 0 Å². The number of likely N-dealkylation sites (tertiary alicyclic amines) is 1. The molecule has 1 heterocycles. The minimum Gasteiger partial charge on any atom is -0.496 e. The van der Waals surface area contributed by atoms with Gasteiger partial charge in [-0.05, 0) is 39.7 Å². The molecule has 1 saturated heterocycles. The fourth-order valence-corrected chi connectivity index (χ4v) is 3.55. The fourth-order valence-electron chi connectivity index (χ4n) is 3.22. The van der Waals surface area contributed by atoms with Crippen molar-refractivity contribution in [1.29, 1.82) is 0 Å². The zero-order valence-corrected chi connectivity index (χ0v) is 13.8. The van der Waals surface area contributed by atoms with Crippen LogP contribution < -0.4 is 4.74 Å². The zero-order valence-electron chi connectivity index (χ0n) is 13.0. The molecule has 3 heteroatoms. The van der Waals surface area contributed by atoms with Gasteiger partial charge in [0.2, 0.25) is 0 Å². The quantitative estimate of drug-likeness (QED) is 0.756. The molecule has 0 aliphatic carbocycles. The van der Waals surface area contributed by atoms with Crippen LogP contribution in [-0.4, -0.2) is 30.6 Å². The summed E-state index contributed by atoms with van der Waals surface area (Å²) in [6.07, 6.45) is 3.89. The molecule has 1 aliphatic rings. The molecule has 1 aliphatic heterocycles. The first kappa shape index (κ1) is 15.7. The Hall–Kier alpha value is -0.730. The summed E-state index contributed by atoms with van der Waals surface area (Å²) >= 11 is 6.70. The molecule has 0 N–H and O–H groups in total. The molecule has 1 aromatic rings. The topological polar surface area (TPSA) is 12.5 Å². The Morgan fingerprint density at radius 1 is 1.30 bits per heavy atom. The lowest BCUT2D eigenvalue weighted by atomic mass is 9.96. The zero-order chi connectivity index (χ0) is 14.7. The van der Waals surface area contributed by atoms with Crippen LogP contribution >= 0.6 is 11.6 Å². The molecule has 0 aromatic heterocycles. The highest BCUT2D eigenvalue weighted by Gasteiger charge is 2.27. The van der Waals surface area contributed by atoms with Crippen LogP contribution in [0.4, 0.5) is 0 Å². The standard InChI is InChI=1S/C17H26ClNO/c1-12-8-9-17(20-4)15(10-12)16(18)11-19-13(2)6-5-7-14(19)3/h8-10,13-14,16H,5-7,11H2,1-4H3. The molecule has 3 unspecified atom stereocenters. The number of ether oxygens (including phenoxy) is 1. The molecule has 0 saturated carbocycles. The Bertz CT molecular complexity index is 439. The number of halogens is 1. The van der Waals surface area contributed by atoms with Crippen molar-refractivity contribution >= 4 is 11.6 Å². The van der Waals surface area contributed by atoms with Gasteiger partial charge in [0.15, 0.2) is 0 Å². The van der Waals surface area contributed by atoms with E-state index in [0.29, 0.717) is 12.1 Å². The molecule has 1 aromatic carbocycles. The van der Waals surface area contributed by atoms with Gasteiger partial charge < -0.3 is 4.74 Å². The minimum absolute atomic E-state index is 0.0205. The molecule has 0 amide bonds. The van der Waals surface area contributed by atoms with Gasteiger partial charge in [-0.3, -0.25) is 4.90 Å². The fraction of sp³-hybridized carbons (Fsp3) is 0.647. The molecule has 112 valence electrons. The largest absolute Gasteiger partial charge is 0.496 e. The van der Waals surface area contributed by atoms with Gasteiger partial charge in [0.1, 0.15) is 5.75 Å². The van der Waals surface area contributed by atoms with Crippen LogP contribution in [0.5, 0.6) is 5.75 Å². The van der Waals surface area contributed by atoms with Crippen molar-refractivity contribution in [2.24, 2.45) is 0 Å². The van der Waals surface area contributed by atoms with Crippen LogP contribution in [-0.2, 0) is 0 Å². The van der Waals surface area contributed by atoms with E-state index in [1.807, 2.05) is 6.07 Å². The van der Waals surface area contributed by atoms with Crippen LogP contribution in [0, 0.1) is 6.92 Å². The summed E-state index contributed by atoms with van der Waals surface area (Å²) in [5.74, 6) is 0.896. The van der Waals surface area contributed by atoms with Gasteiger partial charge in [0, 0.05) is 24.2 Å². The lowest BCUT2D eigenvalue weighted by molar-refractivity contribution is 0.103. The highest BCUT2D eigenvalue weighted by molar-refractivity contribution is 6.21. The van der Waals surface area contributed by atoms with Gasteiger partial charge in [0.25, 0.3) is 0 Å². The Kier molecular flexibility index (Phi) is 5.34. The SMILES string of the molecule is COc1ccc(C)cc1C(Cl)CN1C(C)CCCC1C. The van der Waals surface area contributed by atoms with Crippen molar-refractivity contribution in [1.82, 2.24) is 4.90 Å². The van der Waals surface area contributed by atoms with Crippen molar-refractivity contribution in [3.8, 4) is 5.75 Å². The van der Waals surface area contributed by atoms with E-state index in [9.17, 15) is 0 Å². The van der Waals surface area contributed by atoms with Gasteiger partial charge in [-0.1, -0.05) is 24.1 Å². The maximum Gasteiger partial charge on any atom is 0.123 e. The van der Waals surface area contributed by atoms with Crippen molar-refractivity contribution in [2.75, 3.05) is 13.7 Å². The van der Waals surface area contributed by atoms with E-state index in [-0.39, 0.29) is 5.38 Å². The summed E-state index contributed by atoms with van der Waals surface area (Å²) in [6.45, 7) is 7.61. The first-order chi connectivity index (χ1) is 9.52. The monoisotopic (exact) mass is 295 g/mol. The van der Waals surface area contributed by atoms with Crippen LogP contribution in [0.25, 0.3) is 0 Å². The second kappa shape index (κ2) is 6.82. The van der Waals surface area contributed by atoms with E-state index in [2.05, 4.69) is 37.8 Å². The second-order valence-corrected chi connectivity index (χ2v) is 6.57. The Balaban J connectivity index is 2.14. The minimum atomic E-state index is -0.0205. The summed E-state index contributed by atoms with van der Waals surface area (Å²) in [4.78, 5) is 2.54. The first-order valence-electron chi connectivity index (χ1n) is 7.57. The predicted octanol–water partition coefficient (Wildman–Crippen LogP) is 4.55. The number of rotatable bonds is 4. The maximum atomic E-state index is 6.70. The number of methoxy groups -OCH3 is 1. The summed E-state index contributed by atoms with van der Waals surface area (Å²) < 4.78 is 5.46. The van der Waals surface area contributed by atoms with Crippen molar-refractivity contribution in [3.63, 3.8) is 0 Å². The predicted molar refractivity (Wildman–Crippen MR) is 85.8 cm³/mol. The average molecular weight is 296 g/mol. The number of piperidine rings is 1. The van der Waals surface area contributed by atoms with Crippen molar-refractivity contribution in [2.45, 2.75) is 57.5 Å². The number of hydrogen-bond acceptors (Lipinski definition) is 2. The van der Waals surface area contributed by atoms with Gasteiger partial charge >= 0.3 is 0 Å². The van der Waals surface area contributed by atoms with E-state index in [1.165, 1.54) is 24.8 Å². The Morgan fingerprint density at radius 3 is 2.55 bits per heavy atom. The summed E-state index contributed by atoms with van der Waals surface area (Å²) in [6, 6.07) is 7.48. The van der Waals surface area contributed by atoms with Crippen LogP contribution in [0.3, 0.4) is 0 Å². The number of alkyl halides is 1. The maximum absolute atomic E-state index is 6.70. The number of aryl methyl sites for hydroxylation is 1. The highest BCUT2D eigenvalue weighted by atomic mass is 35.5. The van der Waals surface area contributed by atoms with E-state index in [1.54, 1.807) is 7.11 Å². The molecule has 0 bridgehead atoms. The Morgan fingerprint density at radius 2 is 1.95 bits per heavy atom. The van der Waals surface area contributed by atoms with E-state index in [4.69, 9.17) is 16.3 Å². The van der Waals surface area contributed by atoms with Gasteiger partial charge in [-0.2, -0.15) is 0 Å². The number of benzene rings is 1. The van der Waals surface area contributed by atoms with E-state index >= 15 is 0 Å². The van der Waals surface area contributed by atoms with Crippen molar-refractivity contribution in [3.05, 3.63) is 29.3 Å². The van der Waals surface area contributed by atoms with E-state index in [0.717, 1.165) is 17.9 Å². The average Bonchev–Trinajstić information content (AvgIpc) is 2.43. The van der Waals surface area contributed by atoms with Crippen LogP contribution in [0.2, 0.25) is 0 Å². The molecule has 2 rings (SSSR count). The van der Waals surface area contributed by atoms with Crippen LogP contribution in [0.15, 0.2) is 18.2 Å². The van der Waals surface area contributed by atoms with Gasteiger partial charge in [-0.25, -0.2) is 0 Å². The number of nitrogens with zero attached hydrogens (tertiary/aromatic N) is 1. The molecule has 20 heavy (non-hydrogen) atoms. The van der Waals surface area contributed by atoms with Crippen molar-refractivity contribution < 1.29 is 4.74 Å². The first-order valence-corrected chi connectivity index (χ1v) is 8.01. The molecular weight excluding hydrogens is 270 g/mol. The molecular formula is C17H26ClNO. The molecule has 2 nitrogen and oxygen atoms in total. The molecule has 1 fully saturated rings. The highest BCUT2D eigenvalue weighted by Crippen LogP contribution is 2.33. The smallest absolute Gasteiger partial charge is 0.123 e. The normalized spacial score (nSPS) is 25.4. The van der Waals surface area contributed by atoms with Gasteiger partial charge in [0.05, 0.1) is 12.5 Å². The molecule has 3 atom stereocenters. The summed E-state index contributed by atoms with van der Waals surface area (Å²) in [7, 11) is 1.71. The third-order valence-electron chi connectivity index (χ3n) is 4.47. The Labute approximate surface area is 128 Å². The third-order valence-corrected chi connectivity index (χ3v) is 4.84. The summed E-state index contributed by atoms with van der Waals surface area (Å²) in [5, 5.41) is -0.0205. The lowest BCUT2D eigenvalue weighted by Crippen LogP contribution is -2.45. The molecule has 0 radical (unpaired) electrons. The van der Waals surface area contributed by atoms with Crippen LogP contribution in [0.1, 0.15) is 49.6 Å². The second-order valence-electron chi connectivity index (χ2n) is 6.04. The summed E-state index contributed by atoms with van der Waals surface area (Å²) in [5.41, 5.74) is 2.34. The van der Waals surface area contributed by atoms with Gasteiger partial charge in [-0.15, -0.1) is 11.6 Å². The number of hydrogen-bond donors (Lipinski definition) is 0.